The molecule has 0 aliphatic rings. The molecule has 0 aliphatic carbocycles. The van der Waals surface area contributed by atoms with E-state index in [2.05, 4.69) is 5.32 Å². The smallest absolute Gasteiger partial charge is 0.241 e. The van der Waals surface area contributed by atoms with E-state index in [0.29, 0.717) is 5.56 Å². The molecule has 1 amide bonds. The number of nitrogens with one attached hydrogen (secondary N) is 1. The van der Waals surface area contributed by atoms with E-state index in [1.54, 1.807) is 31.2 Å². The molecular formula is C16H17FN2O. The number of halogens is 1. The maximum Gasteiger partial charge on any atom is 0.241 e. The largest absolute Gasteiger partial charge is 0.348 e. The number of amides is 1. The van der Waals surface area contributed by atoms with Crippen LogP contribution < -0.4 is 11.1 Å². The third kappa shape index (κ3) is 3.42. The van der Waals surface area contributed by atoms with Gasteiger partial charge in [0.2, 0.25) is 5.91 Å². The molecule has 0 heterocycles. The second-order valence-corrected chi connectivity index (χ2v) is 4.67. The van der Waals surface area contributed by atoms with Gasteiger partial charge in [-0.3, -0.25) is 4.79 Å². The molecule has 3 nitrogen and oxygen atoms in total. The van der Waals surface area contributed by atoms with Gasteiger partial charge in [-0.05, 0) is 30.2 Å². The summed E-state index contributed by atoms with van der Waals surface area (Å²) < 4.78 is 13.2. The Morgan fingerprint density at radius 3 is 2.40 bits per heavy atom. The van der Waals surface area contributed by atoms with Gasteiger partial charge < -0.3 is 11.1 Å². The highest BCUT2D eigenvalue weighted by Crippen LogP contribution is 2.16. The van der Waals surface area contributed by atoms with Crippen LogP contribution in [0.15, 0.2) is 54.6 Å². The third-order valence-corrected chi connectivity index (χ3v) is 3.15. The van der Waals surface area contributed by atoms with Crippen LogP contribution in [0.25, 0.3) is 0 Å². The molecule has 104 valence electrons. The SMILES string of the molecule is C[C@H](NC(=O)[C@@H](N)c1ccccc1)c1cccc(F)c1. The van der Waals surface area contributed by atoms with Crippen LogP contribution in [-0.2, 0) is 4.79 Å². The van der Waals surface area contributed by atoms with Crippen LogP contribution in [0.3, 0.4) is 0 Å². The first-order valence-corrected chi connectivity index (χ1v) is 6.44. The number of benzene rings is 2. The van der Waals surface area contributed by atoms with Gasteiger partial charge in [0.25, 0.3) is 0 Å². The lowest BCUT2D eigenvalue weighted by atomic mass is 10.0. The van der Waals surface area contributed by atoms with Crippen LogP contribution in [0.5, 0.6) is 0 Å². The van der Waals surface area contributed by atoms with Crippen LogP contribution in [0.1, 0.15) is 30.1 Å². The van der Waals surface area contributed by atoms with Crippen LogP contribution in [0, 0.1) is 5.82 Å². The first-order valence-electron chi connectivity index (χ1n) is 6.44. The zero-order valence-electron chi connectivity index (χ0n) is 11.2. The molecule has 3 N–H and O–H groups in total. The summed E-state index contributed by atoms with van der Waals surface area (Å²) in [6.45, 7) is 1.80. The Balaban J connectivity index is 2.04. The molecule has 0 aromatic heterocycles. The van der Waals surface area contributed by atoms with E-state index in [0.717, 1.165) is 5.56 Å². The third-order valence-electron chi connectivity index (χ3n) is 3.15. The van der Waals surface area contributed by atoms with Crippen molar-refractivity contribution >= 4 is 5.91 Å². The quantitative estimate of drug-likeness (QED) is 0.899. The van der Waals surface area contributed by atoms with Gasteiger partial charge in [-0.2, -0.15) is 0 Å². The van der Waals surface area contributed by atoms with Crippen LogP contribution in [-0.4, -0.2) is 5.91 Å². The van der Waals surface area contributed by atoms with E-state index in [1.165, 1.54) is 12.1 Å². The molecule has 20 heavy (non-hydrogen) atoms. The normalized spacial score (nSPS) is 13.6. The molecule has 2 aromatic carbocycles. The molecule has 0 radical (unpaired) electrons. The van der Waals surface area contributed by atoms with E-state index < -0.39 is 6.04 Å². The minimum absolute atomic E-state index is 0.284. The molecule has 4 heteroatoms. The number of carbonyl (C=O) groups is 1. The van der Waals surface area contributed by atoms with Crippen molar-refractivity contribution in [3.63, 3.8) is 0 Å². The summed E-state index contributed by atoms with van der Waals surface area (Å²) in [5.41, 5.74) is 7.36. The molecule has 0 unspecified atom stereocenters. The van der Waals surface area contributed by atoms with Gasteiger partial charge in [0.1, 0.15) is 11.9 Å². The Hall–Kier alpha value is -2.20. The fraction of sp³-hybridized carbons (Fsp3) is 0.188. The van der Waals surface area contributed by atoms with Crippen molar-refractivity contribution in [2.75, 3.05) is 0 Å². The molecule has 2 aromatic rings. The van der Waals surface area contributed by atoms with Crippen molar-refractivity contribution < 1.29 is 9.18 Å². The van der Waals surface area contributed by atoms with Crippen molar-refractivity contribution in [1.29, 1.82) is 0 Å². The van der Waals surface area contributed by atoms with E-state index >= 15 is 0 Å². The highest BCUT2D eigenvalue weighted by molar-refractivity contribution is 5.83. The van der Waals surface area contributed by atoms with Crippen molar-refractivity contribution in [3.8, 4) is 0 Å². The molecule has 0 spiro atoms. The summed E-state index contributed by atoms with van der Waals surface area (Å²) in [6.07, 6.45) is 0. The van der Waals surface area contributed by atoms with Crippen molar-refractivity contribution in [1.82, 2.24) is 5.32 Å². The summed E-state index contributed by atoms with van der Waals surface area (Å²) in [5, 5.41) is 2.79. The fourth-order valence-corrected chi connectivity index (χ4v) is 1.97. The topological polar surface area (TPSA) is 55.1 Å². The Labute approximate surface area is 117 Å². The molecular weight excluding hydrogens is 255 g/mol. The lowest BCUT2D eigenvalue weighted by molar-refractivity contribution is -0.123. The molecule has 0 aliphatic heterocycles. The molecule has 2 atom stereocenters. The Morgan fingerprint density at radius 2 is 1.75 bits per heavy atom. The molecule has 0 bridgehead atoms. The van der Waals surface area contributed by atoms with Crippen LogP contribution in [0.4, 0.5) is 4.39 Å². The Morgan fingerprint density at radius 1 is 1.10 bits per heavy atom. The molecule has 2 rings (SSSR count). The number of nitrogens with two attached hydrogens (primary N) is 1. The van der Waals surface area contributed by atoms with Gasteiger partial charge in [-0.25, -0.2) is 4.39 Å². The van der Waals surface area contributed by atoms with Crippen molar-refractivity contribution in [2.45, 2.75) is 19.0 Å². The summed E-state index contributed by atoms with van der Waals surface area (Å²) in [6, 6.07) is 14.3. The predicted octanol–water partition coefficient (Wildman–Crippen LogP) is 2.70. The van der Waals surface area contributed by atoms with E-state index in [-0.39, 0.29) is 17.8 Å². The number of rotatable bonds is 4. The van der Waals surface area contributed by atoms with Gasteiger partial charge >= 0.3 is 0 Å². The summed E-state index contributed by atoms with van der Waals surface area (Å²) in [5.74, 6) is -0.607. The fourth-order valence-electron chi connectivity index (χ4n) is 1.97. The number of hydrogen-bond donors (Lipinski definition) is 2. The molecule has 0 saturated carbocycles. The van der Waals surface area contributed by atoms with E-state index in [4.69, 9.17) is 5.73 Å². The number of carbonyl (C=O) groups excluding carboxylic acids is 1. The highest BCUT2D eigenvalue weighted by Gasteiger charge is 2.18. The lowest BCUT2D eigenvalue weighted by Crippen LogP contribution is -2.35. The minimum Gasteiger partial charge on any atom is -0.348 e. The van der Waals surface area contributed by atoms with Gasteiger partial charge in [-0.15, -0.1) is 0 Å². The zero-order chi connectivity index (χ0) is 14.5. The zero-order valence-corrected chi connectivity index (χ0v) is 11.2. The summed E-state index contributed by atoms with van der Waals surface area (Å²) >= 11 is 0. The average Bonchev–Trinajstić information content (AvgIpc) is 2.47. The van der Waals surface area contributed by atoms with Gasteiger partial charge in [0.15, 0.2) is 0 Å². The Bertz CT molecular complexity index is 586. The summed E-state index contributed by atoms with van der Waals surface area (Å²) in [7, 11) is 0. The molecule has 0 saturated heterocycles. The monoisotopic (exact) mass is 272 g/mol. The van der Waals surface area contributed by atoms with E-state index in [1.807, 2.05) is 18.2 Å². The van der Waals surface area contributed by atoms with Crippen LogP contribution in [0.2, 0.25) is 0 Å². The van der Waals surface area contributed by atoms with Gasteiger partial charge in [-0.1, -0.05) is 42.5 Å². The van der Waals surface area contributed by atoms with E-state index in [9.17, 15) is 9.18 Å². The molecule has 0 fully saturated rings. The predicted molar refractivity (Wildman–Crippen MR) is 76.3 cm³/mol. The van der Waals surface area contributed by atoms with Gasteiger partial charge in [0, 0.05) is 0 Å². The maximum atomic E-state index is 13.2. The second kappa shape index (κ2) is 6.30. The van der Waals surface area contributed by atoms with Crippen LogP contribution >= 0.6 is 0 Å². The maximum absolute atomic E-state index is 13.2. The lowest BCUT2D eigenvalue weighted by Gasteiger charge is -2.18. The summed E-state index contributed by atoms with van der Waals surface area (Å²) in [4.78, 5) is 12.1. The van der Waals surface area contributed by atoms with Gasteiger partial charge in [0.05, 0.1) is 6.04 Å². The highest BCUT2D eigenvalue weighted by atomic mass is 19.1. The Kier molecular flexibility index (Phi) is 4.48. The first kappa shape index (κ1) is 14.2. The standard InChI is InChI=1S/C16H17FN2O/c1-11(13-8-5-9-14(17)10-13)19-16(20)15(18)12-6-3-2-4-7-12/h2-11,15H,18H2,1H3,(H,19,20)/t11-,15-/m0/s1. The van der Waals surface area contributed by atoms with Crippen molar-refractivity contribution in [3.05, 3.63) is 71.5 Å². The second-order valence-electron chi connectivity index (χ2n) is 4.67. The average molecular weight is 272 g/mol. The van der Waals surface area contributed by atoms with Crippen molar-refractivity contribution in [2.24, 2.45) is 5.73 Å². The first-order chi connectivity index (χ1) is 9.58. The number of hydrogen-bond acceptors (Lipinski definition) is 2. The minimum atomic E-state index is -0.729.